The average Bonchev–Trinajstić information content (AvgIpc) is 1.55. The summed E-state index contributed by atoms with van der Waals surface area (Å²) < 4.78 is 50.9. The third kappa shape index (κ3) is 13.2. The number of anilines is 3. The van der Waals surface area contributed by atoms with Gasteiger partial charge in [0.05, 0.1) is 54.9 Å². The molecule has 4 aliphatic heterocycles. The lowest BCUT2D eigenvalue weighted by molar-refractivity contribution is -0.126. The number of fused-ring (bicyclic) bond motifs is 2. The van der Waals surface area contributed by atoms with Gasteiger partial charge in [-0.25, -0.2) is 8.78 Å². The molecule has 10 rings (SSSR count). The van der Waals surface area contributed by atoms with Gasteiger partial charge in [-0.05, 0) is 97.5 Å². The quantitative estimate of drug-likeness (QED) is 0.0468. The minimum atomic E-state index is -1.82. The van der Waals surface area contributed by atoms with Crippen LogP contribution >= 0.6 is 23.2 Å². The van der Waals surface area contributed by atoms with E-state index in [1.165, 1.54) is 61.7 Å². The van der Waals surface area contributed by atoms with Crippen LogP contribution in [-0.2, 0) is 32.7 Å². The summed E-state index contributed by atoms with van der Waals surface area (Å²) in [5, 5.41) is 33.0. The van der Waals surface area contributed by atoms with E-state index < -0.39 is 52.3 Å². The second kappa shape index (κ2) is 26.2. The number of amides is 3. The van der Waals surface area contributed by atoms with Crippen molar-refractivity contribution in [1.29, 1.82) is 5.26 Å². The Balaban J connectivity index is 0.740. The number of nitrogens with one attached hydrogen (secondary N) is 3. The number of halogens is 4. The number of nitrogens with zero attached hydrogens (tertiary/aromatic N) is 7. The second-order valence-electron chi connectivity index (χ2n) is 23.8. The molecule has 4 N–H and O–H groups in total. The first-order valence-electron chi connectivity index (χ1n) is 29.1. The van der Waals surface area contributed by atoms with Gasteiger partial charge in [0.15, 0.2) is 0 Å². The topological polar surface area (TPSA) is 198 Å². The number of rotatable bonds is 18. The molecule has 6 aromatic rings. The van der Waals surface area contributed by atoms with Crippen molar-refractivity contribution in [2.45, 2.75) is 95.5 Å². The van der Waals surface area contributed by atoms with E-state index in [-0.39, 0.29) is 75.2 Å². The largest absolute Gasteiger partial charge is 0.508 e. The second-order valence-corrected chi connectivity index (χ2v) is 24.6. The Kier molecular flexibility index (Phi) is 18.7. The number of piperazine rings is 1. The molecule has 17 nitrogen and oxygen atoms in total. The highest BCUT2D eigenvalue weighted by molar-refractivity contribution is 6.31. The number of carbonyl (C=O) groups excluding carboxylic acids is 3. The van der Waals surface area contributed by atoms with Crippen molar-refractivity contribution in [3.63, 3.8) is 0 Å². The third-order valence-corrected chi connectivity index (χ3v) is 17.3. The van der Waals surface area contributed by atoms with Gasteiger partial charge >= 0.3 is 6.01 Å². The summed E-state index contributed by atoms with van der Waals surface area (Å²) in [6, 6.07) is 25.0. The lowest BCUT2D eigenvalue weighted by atomic mass is 9.62. The highest BCUT2D eigenvalue weighted by atomic mass is 35.5. The number of hydrogen-bond donors (Lipinski definition) is 4. The highest BCUT2D eigenvalue weighted by Crippen LogP contribution is 2.53. The van der Waals surface area contributed by atoms with Crippen LogP contribution in [0.25, 0.3) is 10.8 Å². The number of piperidine rings is 1. The number of ether oxygens (including phenoxy) is 3. The van der Waals surface area contributed by atoms with Crippen LogP contribution in [0, 0.1) is 28.4 Å². The molecule has 0 saturated carbocycles. The Bertz CT molecular complexity index is 3570. The number of carbonyl (C=O) groups is 3. The third-order valence-electron chi connectivity index (χ3n) is 16.8. The Morgan fingerprint density at radius 3 is 2.44 bits per heavy atom. The SMILES string of the molecule is C=CC(=O)N1CCN(c2nc(O[C@H](C)CN3CCC(OCCNC(=O)c4ccc(NC(=O)[C@@H]5N[C@@H](CC(C)(C)C)[C@](C#N)(c6ccc(Cl)cc6F)[C@H]5c5cccc(Cl)c5F)c(OC)c4)CC3)nc3c2CCN(c2cc(O)cc4ccccc24)C3)CC1. The van der Waals surface area contributed by atoms with Crippen molar-refractivity contribution >= 4 is 68.9 Å². The number of hydrogen-bond acceptors (Lipinski definition) is 14. The van der Waals surface area contributed by atoms with Crippen LogP contribution in [-0.4, -0.2) is 140 Å². The predicted molar refractivity (Wildman–Crippen MR) is 328 cm³/mol. The number of benzene rings is 5. The van der Waals surface area contributed by atoms with Crippen molar-refractivity contribution in [2.75, 3.05) is 87.7 Å². The maximum absolute atomic E-state index is 16.3. The molecule has 0 unspecified atom stereocenters. The normalized spacial score (nSPS) is 20.5. The zero-order valence-electron chi connectivity index (χ0n) is 49.0. The van der Waals surface area contributed by atoms with Gasteiger partial charge < -0.3 is 50.0 Å². The van der Waals surface area contributed by atoms with E-state index in [0.29, 0.717) is 64.7 Å². The first-order valence-corrected chi connectivity index (χ1v) is 29.9. The molecule has 3 fully saturated rings. The maximum Gasteiger partial charge on any atom is 0.318 e. The van der Waals surface area contributed by atoms with Gasteiger partial charge in [0.2, 0.25) is 11.8 Å². The predicted octanol–water partition coefficient (Wildman–Crippen LogP) is 9.97. The van der Waals surface area contributed by atoms with Crippen LogP contribution in [0.1, 0.15) is 85.6 Å². The lowest BCUT2D eigenvalue weighted by Crippen LogP contribution is -2.49. The van der Waals surface area contributed by atoms with Crippen LogP contribution in [0.5, 0.6) is 17.5 Å². The fourth-order valence-corrected chi connectivity index (χ4v) is 13.1. The molecule has 0 aliphatic carbocycles. The van der Waals surface area contributed by atoms with Gasteiger partial charge in [-0.1, -0.05) is 93.0 Å². The van der Waals surface area contributed by atoms with E-state index >= 15 is 8.78 Å². The van der Waals surface area contributed by atoms with Crippen LogP contribution in [0.3, 0.4) is 0 Å². The first-order chi connectivity index (χ1) is 41.3. The van der Waals surface area contributed by atoms with Crippen molar-refractivity contribution < 1.29 is 42.5 Å². The van der Waals surface area contributed by atoms with Gasteiger partial charge in [-0.15, -0.1) is 0 Å². The molecule has 21 heteroatoms. The van der Waals surface area contributed by atoms with E-state index in [2.05, 4.69) is 49.4 Å². The fraction of sp³-hybridized carbons (Fsp3) is 0.415. The summed E-state index contributed by atoms with van der Waals surface area (Å²) in [7, 11) is 1.40. The Morgan fingerprint density at radius 1 is 0.953 bits per heavy atom. The molecule has 0 radical (unpaired) electrons. The van der Waals surface area contributed by atoms with Crippen molar-refractivity contribution in [3.8, 4) is 23.6 Å². The Hall–Kier alpha value is -7.60. The van der Waals surface area contributed by atoms with Crippen molar-refractivity contribution in [2.24, 2.45) is 5.41 Å². The molecule has 3 saturated heterocycles. The number of phenols is 1. The summed E-state index contributed by atoms with van der Waals surface area (Å²) in [6.45, 7) is 17.8. The molecule has 5 aromatic carbocycles. The molecule has 3 amide bonds. The lowest BCUT2D eigenvalue weighted by Gasteiger charge is -2.38. The van der Waals surface area contributed by atoms with E-state index in [9.17, 15) is 24.8 Å². The summed E-state index contributed by atoms with van der Waals surface area (Å²) in [5.74, 6) is -2.84. The van der Waals surface area contributed by atoms with Gasteiger partial charge in [0, 0.05) is 110 Å². The number of likely N-dealkylation sites (tertiary alicyclic amines) is 1. The van der Waals surface area contributed by atoms with Crippen LogP contribution in [0.2, 0.25) is 10.0 Å². The Morgan fingerprint density at radius 2 is 1.72 bits per heavy atom. The number of aromatic hydroxyl groups is 1. The molecule has 0 spiro atoms. The molecular weight excluding hydrogens is 1140 g/mol. The smallest absolute Gasteiger partial charge is 0.318 e. The van der Waals surface area contributed by atoms with E-state index in [1.807, 2.05) is 52.0 Å². The van der Waals surface area contributed by atoms with E-state index in [0.717, 1.165) is 65.5 Å². The molecular formula is C65H72Cl2F2N10O7. The van der Waals surface area contributed by atoms with Crippen LogP contribution < -0.4 is 35.2 Å². The van der Waals surface area contributed by atoms with E-state index in [4.69, 9.17) is 47.4 Å². The average molecular weight is 1210 g/mol. The minimum Gasteiger partial charge on any atom is -0.508 e. The number of methoxy groups -OCH3 is 1. The first kappa shape index (κ1) is 61.5. The number of nitriles is 1. The number of phenolic OH excluding ortho intramolecular Hbond substituents is 1. The van der Waals surface area contributed by atoms with Crippen LogP contribution in [0.4, 0.5) is 26.0 Å². The zero-order chi connectivity index (χ0) is 61.0. The molecule has 86 heavy (non-hydrogen) atoms. The fourth-order valence-electron chi connectivity index (χ4n) is 12.7. The standard InChI is InChI=1S/C65H72Cl2F2N10O7/c1-7-56(81)77-26-28-78(29-27-77)60-46-21-25-79(53-34-43(80)31-40-11-8-9-12-45(40)53)37-52(46)73-63(75-60)86-39(2)36-76-23-19-44(20-24-76)85-30-22-71-61(82)41-15-18-51(54(32-41)84-6)72-62(83)59-57(47-13-10-14-49(67)58(47)69)65(38-70,55(74-59)35-64(3,4)5)48-17-16-42(66)33-50(48)68/h7-18,31-34,39,44,55,57,59,74,80H,1,19-30,35-37H2,2-6H3,(H,71,82)(H,72,83)/t39-,55+,57+,59-,65+/m1/s1. The van der Waals surface area contributed by atoms with Gasteiger partial charge in [0.25, 0.3) is 5.91 Å². The minimum absolute atomic E-state index is 0.0145. The summed E-state index contributed by atoms with van der Waals surface area (Å²) in [6.07, 6.45) is 3.63. The maximum atomic E-state index is 16.3. The van der Waals surface area contributed by atoms with E-state index in [1.54, 1.807) is 11.0 Å². The summed E-state index contributed by atoms with van der Waals surface area (Å²) in [5.41, 5.74) is 0.975. The Labute approximate surface area is 510 Å². The molecule has 5 heterocycles. The van der Waals surface area contributed by atoms with Crippen molar-refractivity contribution in [1.82, 2.24) is 30.4 Å². The van der Waals surface area contributed by atoms with Gasteiger partial charge in [0.1, 0.15) is 40.5 Å². The summed E-state index contributed by atoms with van der Waals surface area (Å²) in [4.78, 5) is 59.4. The van der Waals surface area contributed by atoms with Crippen molar-refractivity contribution in [3.05, 3.63) is 153 Å². The summed E-state index contributed by atoms with van der Waals surface area (Å²) >= 11 is 12.5. The highest BCUT2D eigenvalue weighted by Gasteiger charge is 2.61. The molecule has 0 bridgehead atoms. The van der Waals surface area contributed by atoms with Crippen LogP contribution in [0.15, 0.2) is 104 Å². The van der Waals surface area contributed by atoms with Gasteiger partial charge in [-0.2, -0.15) is 15.2 Å². The zero-order valence-corrected chi connectivity index (χ0v) is 50.5. The molecule has 452 valence electrons. The molecule has 1 aromatic heterocycles. The monoisotopic (exact) mass is 1210 g/mol. The molecule has 5 atom stereocenters. The van der Waals surface area contributed by atoms with Gasteiger partial charge in [-0.3, -0.25) is 19.3 Å². The number of aromatic nitrogens is 2. The molecule has 4 aliphatic rings.